The molecule has 0 radical (unpaired) electrons. The number of rotatable bonds is 5. The highest BCUT2D eigenvalue weighted by Crippen LogP contribution is 2.07. The Morgan fingerprint density at radius 3 is 3.05 bits per heavy atom. The Hall–Kier alpha value is -2.70. The number of carbonyl (C=O) groups excluding carboxylic acids is 1. The second-order valence-corrected chi connectivity index (χ2v) is 4.87. The minimum absolute atomic E-state index is 0.157. The van der Waals surface area contributed by atoms with Crippen LogP contribution in [0.15, 0.2) is 36.9 Å². The first-order valence-corrected chi connectivity index (χ1v) is 6.80. The third kappa shape index (κ3) is 3.07. The maximum atomic E-state index is 12.0. The molecule has 0 bridgehead atoms. The molecule has 3 heterocycles. The predicted octanol–water partition coefficient (Wildman–Crippen LogP) is 1.05. The van der Waals surface area contributed by atoms with Gasteiger partial charge in [-0.2, -0.15) is 0 Å². The van der Waals surface area contributed by atoms with Gasteiger partial charge in [0, 0.05) is 31.7 Å². The number of amides is 1. The average Bonchev–Trinajstić information content (AvgIpc) is 3.11. The summed E-state index contributed by atoms with van der Waals surface area (Å²) in [6, 6.07) is 3.87. The molecule has 0 fully saturated rings. The van der Waals surface area contributed by atoms with Gasteiger partial charge in [0.25, 0.3) is 5.91 Å². The molecule has 108 valence electrons. The molecule has 3 aromatic heterocycles. The van der Waals surface area contributed by atoms with Gasteiger partial charge in [0.05, 0.1) is 6.20 Å². The Labute approximate surface area is 121 Å². The van der Waals surface area contributed by atoms with Crippen molar-refractivity contribution in [2.24, 2.45) is 0 Å². The fraction of sp³-hybridized carbons (Fsp3) is 0.286. The smallest absolute Gasteiger partial charge is 0.271 e. The zero-order valence-electron chi connectivity index (χ0n) is 11.7. The van der Waals surface area contributed by atoms with E-state index in [0.717, 1.165) is 24.2 Å². The lowest BCUT2D eigenvalue weighted by Crippen LogP contribution is -2.25. The van der Waals surface area contributed by atoms with Gasteiger partial charge in [0.2, 0.25) is 0 Å². The molecule has 3 aromatic rings. The van der Waals surface area contributed by atoms with E-state index in [0.29, 0.717) is 12.2 Å². The minimum Gasteiger partial charge on any atom is -0.351 e. The normalized spacial score (nSPS) is 10.9. The summed E-state index contributed by atoms with van der Waals surface area (Å²) in [4.78, 5) is 16.3. The maximum Gasteiger partial charge on any atom is 0.271 e. The highest BCUT2D eigenvalue weighted by molar-refractivity contribution is 5.92. The summed E-state index contributed by atoms with van der Waals surface area (Å²) < 4.78 is 3.60. The lowest BCUT2D eigenvalue weighted by atomic mass is 10.3. The molecule has 21 heavy (non-hydrogen) atoms. The maximum absolute atomic E-state index is 12.0. The second-order valence-electron chi connectivity index (χ2n) is 4.87. The largest absolute Gasteiger partial charge is 0.351 e. The number of aromatic nitrogens is 5. The molecular formula is C14H16N6O. The number of hydrogen-bond donors (Lipinski definition) is 1. The summed E-state index contributed by atoms with van der Waals surface area (Å²) in [7, 11) is 0. The molecule has 7 nitrogen and oxygen atoms in total. The molecule has 0 spiro atoms. The van der Waals surface area contributed by atoms with Crippen LogP contribution in [-0.2, 0) is 6.54 Å². The van der Waals surface area contributed by atoms with Gasteiger partial charge in [-0.05, 0) is 25.0 Å². The van der Waals surface area contributed by atoms with Gasteiger partial charge >= 0.3 is 0 Å². The van der Waals surface area contributed by atoms with Gasteiger partial charge in [-0.3, -0.25) is 9.48 Å². The van der Waals surface area contributed by atoms with Crippen molar-refractivity contribution in [3.8, 4) is 0 Å². The molecule has 7 heteroatoms. The van der Waals surface area contributed by atoms with Crippen LogP contribution >= 0.6 is 0 Å². The molecule has 0 saturated carbocycles. The van der Waals surface area contributed by atoms with Crippen molar-refractivity contribution in [1.82, 2.24) is 29.7 Å². The molecule has 0 aliphatic heterocycles. The van der Waals surface area contributed by atoms with Crippen molar-refractivity contribution >= 4 is 11.6 Å². The molecule has 0 unspecified atom stereocenters. The number of imidazole rings is 1. The van der Waals surface area contributed by atoms with Crippen molar-refractivity contribution in [3.63, 3.8) is 0 Å². The molecule has 1 N–H and O–H groups in total. The first-order chi connectivity index (χ1) is 10.2. The molecule has 0 aliphatic rings. The number of fused-ring (bicyclic) bond motifs is 1. The molecule has 0 aliphatic carbocycles. The summed E-state index contributed by atoms with van der Waals surface area (Å²) in [5.74, 6) is -0.157. The van der Waals surface area contributed by atoms with Crippen LogP contribution in [0.2, 0.25) is 0 Å². The van der Waals surface area contributed by atoms with E-state index in [1.54, 1.807) is 23.3 Å². The lowest BCUT2D eigenvalue weighted by Gasteiger charge is -2.02. The second kappa shape index (κ2) is 5.74. The van der Waals surface area contributed by atoms with Gasteiger partial charge in [-0.25, -0.2) is 4.98 Å². The number of carbonyl (C=O) groups is 1. The third-order valence-corrected chi connectivity index (χ3v) is 3.15. The standard InChI is InChI=1S/C14H16N6O/c1-11-3-4-13-17-12(10-19(13)9-11)14(21)15-5-2-7-20-8-6-16-18-20/h3-4,6,8-10H,2,5,7H2,1H3,(H,15,21). The van der Waals surface area contributed by atoms with E-state index in [4.69, 9.17) is 0 Å². The molecular weight excluding hydrogens is 268 g/mol. The summed E-state index contributed by atoms with van der Waals surface area (Å²) in [5, 5.41) is 10.5. The van der Waals surface area contributed by atoms with Gasteiger partial charge in [-0.15, -0.1) is 5.10 Å². The Bertz CT molecular complexity index is 746. The highest BCUT2D eigenvalue weighted by Gasteiger charge is 2.09. The zero-order valence-corrected chi connectivity index (χ0v) is 11.7. The average molecular weight is 284 g/mol. The van der Waals surface area contributed by atoms with Crippen molar-refractivity contribution < 1.29 is 4.79 Å². The third-order valence-electron chi connectivity index (χ3n) is 3.15. The first kappa shape index (κ1) is 13.3. The Morgan fingerprint density at radius 1 is 1.33 bits per heavy atom. The monoisotopic (exact) mass is 284 g/mol. The fourth-order valence-corrected chi connectivity index (χ4v) is 2.10. The van der Waals surface area contributed by atoms with Crippen LogP contribution in [0.5, 0.6) is 0 Å². The van der Waals surface area contributed by atoms with Crippen molar-refractivity contribution in [1.29, 1.82) is 0 Å². The molecule has 0 aromatic carbocycles. The van der Waals surface area contributed by atoms with Gasteiger partial charge < -0.3 is 9.72 Å². The number of nitrogens with one attached hydrogen (secondary N) is 1. The van der Waals surface area contributed by atoms with Gasteiger partial charge in [-0.1, -0.05) is 11.3 Å². The Balaban J connectivity index is 1.56. The lowest BCUT2D eigenvalue weighted by molar-refractivity contribution is 0.0948. The van der Waals surface area contributed by atoms with Crippen LogP contribution in [0.25, 0.3) is 5.65 Å². The van der Waals surface area contributed by atoms with Crippen LogP contribution in [-0.4, -0.2) is 36.8 Å². The van der Waals surface area contributed by atoms with E-state index < -0.39 is 0 Å². The van der Waals surface area contributed by atoms with E-state index in [2.05, 4.69) is 20.6 Å². The zero-order chi connectivity index (χ0) is 14.7. The Kier molecular flexibility index (Phi) is 3.63. The topological polar surface area (TPSA) is 77.1 Å². The number of nitrogens with zero attached hydrogens (tertiary/aromatic N) is 5. The van der Waals surface area contributed by atoms with Crippen LogP contribution < -0.4 is 5.32 Å². The summed E-state index contributed by atoms with van der Waals surface area (Å²) in [5.41, 5.74) is 2.33. The number of pyridine rings is 1. The quantitative estimate of drug-likeness (QED) is 0.711. The summed E-state index contributed by atoms with van der Waals surface area (Å²) in [6.07, 6.45) is 7.92. The molecule has 0 saturated heterocycles. The fourth-order valence-electron chi connectivity index (χ4n) is 2.10. The van der Waals surface area contributed by atoms with Crippen molar-refractivity contribution in [3.05, 3.63) is 48.2 Å². The van der Waals surface area contributed by atoms with Gasteiger partial charge in [0.1, 0.15) is 11.3 Å². The Morgan fingerprint density at radius 2 is 2.24 bits per heavy atom. The van der Waals surface area contributed by atoms with Crippen LogP contribution in [0, 0.1) is 6.92 Å². The van der Waals surface area contributed by atoms with Crippen molar-refractivity contribution in [2.75, 3.05) is 6.54 Å². The predicted molar refractivity (Wildman–Crippen MR) is 76.9 cm³/mol. The van der Waals surface area contributed by atoms with Crippen LogP contribution in [0.3, 0.4) is 0 Å². The molecule has 3 rings (SSSR count). The van der Waals surface area contributed by atoms with E-state index in [1.807, 2.05) is 29.7 Å². The molecule has 0 atom stereocenters. The molecule has 1 amide bonds. The van der Waals surface area contributed by atoms with Crippen molar-refractivity contribution in [2.45, 2.75) is 19.9 Å². The number of aryl methyl sites for hydroxylation is 2. The van der Waals surface area contributed by atoms with Crippen LogP contribution in [0.4, 0.5) is 0 Å². The summed E-state index contributed by atoms with van der Waals surface area (Å²) in [6.45, 7) is 3.31. The SMILES string of the molecule is Cc1ccc2nc(C(=O)NCCCn3ccnn3)cn2c1. The first-order valence-electron chi connectivity index (χ1n) is 6.80. The number of hydrogen-bond acceptors (Lipinski definition) is 4. The van der Waals surface area contributed by atoms with E-state index in [9.17, 15) is 4.79 Å². The van der Waals surface area contributed by atoms with E-state index >= 15 is 0 Å². The van der Waals surface area contributed by atoms with Crippen LogP contribution in [0.1, 0.15) is 22.5 Å². The minimum atomic E-state index is -0.157. The summed E-state index contributed by atoms with van der Waals surface area (Å²) >= 11 is 0. The van der Waals surface area contributed by atoms with E-state index in [1.165, 1.54) is 0 Å². The highest BCUT2D eigenvalue weighted by atomic mass is 16.1. The van der Waals surface area contributed by atoms with Gasteiger partial charge in [0.15, 0.2) is 0 Å². The van der Waals surface area contributed by atoms with E-state index in [-0.39, 0.29) is 5.91 Å².